The molecule has 2 aliphatic rings. The summed E-state index contributed by atoms with van der Waals surface area (Å²) in [6.45, 7) is 3.51. The van der Waals surface area contributed by atoms with Gasteiger partial charge in [-0.15, -0.1) is 0 Å². The number of hydrogen-bond donors (Lipinski definition) is 3. The lowest BCUT2D eigenvalue weighted by atomic mass is 9.88. The normalized spacial score (nSPS) is 20.9. The zero-order valence-electron chi connectivity index (χ0n) is 16.4. The van der Waals surface area contributed by atoms with E-state index in [0.29, 0.717) is 19.0 Å². The summed E-state index contributed by atoms with van der Waals surface area (Å²) in [4.78, 5) is 17.0. The Morgan fingerprint density at radius 3 is 2.79 bits per heavy atom. The lowest BCUT2D eigenvalue weighted by molar-refractivity contribution is -0.117. The smallest absolute Gasteiger partial charge is 0.232 e. The molecule has 5 heteroatoms. The molecule has 1 amide bonds. The molecule has 2 aromatic rings. The molecule has 4 rings (SSSR count). The van der Waals surface area contributed by atoms with E-state index in [0.717, 1.165) is 43.0 Å². The maximum atomic E-state index is 12.3. The standard InChI is InChI=1S/C23H28N4O/c1-2-24-23(26-18-12-11-16-7-3-4-8-17(16)15-18)25-14-13-20-19-9-5-6-10-21(19)27-22(20)28/h3-10,18,20H,2,11-15H2,1H3,(H,27,28)(H2,24,25,26). The largest absolute Gasteiger partial charge is 0.357 e. The number of carbonyl (C=O) groups excluding carboxylic acids is 1. The third-order valence-corrected chi connectivity index (χ3v) is 5.63. The highest BCUT2D eigenvalue weighted by Crippen LogP contribution is 2.34. The first-order valence-corrected chi connectivity index (χ1v) is 10.3. The van der Waals surface area contributed by atoms with E-state index in [4.69, 9.17) is 4.99 Å². The van der Waals surface area contributed by atoms with E-state index >= 15 is 0 Å². The summed E-state index contributed by atoms with van der Waals surface area (Å²) >= 11 is 0. The number of para-hydroxylation sites is 1. The first-order valence-electron chi connectivity index (χ1n) is 10.3. The van der Waals surface area contributed by atoms with Gasteiger partial charge in [0.1, 0.15) is 0 Å². The Hall–Kier alpha value is -2.82. The van der Waals surface area contributed by atoms with Crippen molar-refractivity contribution in [3.05, 3.63) is 65.2 Å². The number of rotatable bonds is 5. The van der Waals surface area contributed by atoms with Gasteiger partial charge in [0.2, 0.25) is 5.91 Å². The minimum atomic E-state index is -0.107. The number of fused-ring (bicyclic) bond motifs is 2. The second kappa shape index (κ2) is 8.46. The van der Waals surface area contributed by atoms with Crippen LogP contribution in [0.1, 0.15) is 42.4 Å². The molecule has 2 atom stereocenters. The molecule has 5 nitrogen and oxygen atoms in total. The molecule has 1 heterocycles. The van der Waals surface area contributed by atoms with Crippen molar-refractivity contribution < 1.29 is 4.79 Å². The molecule has 1 aliphatic carbocycles. The number of guanidine groups is 1. The van der Waals surface area contributed by atoms with E-state index in [9.17, 15) is 4.79 Å². The fourth-order valence-electron chi connectivity index (χ4n) is 4.20. The third-order valence-electron chi connectivity index (χ3n) is 5.63. The van der Waals surface area contributed by atoms with Crippen LogP contribution in [-0.4, -0.2) is 31.0 Å². The molecule has 3 N–H and O–H groups in total. The highest BCUT2D eigenvalue weighted by Gasteiger charge is 2.29. The summed E-state index contributed by atoms with van der Waals surface area (Å²) in [5.41, 5.74) is 4.92. The molecule has 0 radical (unpaired) electrons. The average Bonchev–Trinajstić information content (AvgIpc) is 3.03. The van der Waals surface area contributed by atoms with Crippen molar-refractivity contribution >= 4 is 17.6 Å². The molecule has 2 aromatic carbocycles. The first-order chi connectivity index (χ1) is 13.7. The van der Waals surface area contributed by atoms with Crippen molar-refractivity contribution in [1.29, 1.82) is 0 Å². The Morgan fingerprint density at radius 2 is 1.93 bits per heavy atom. The number of aliphatic imine (C=N–C) groups is 1. The number of carbonyl (C=O) groups is 1. The van der Waals surface area contributed by atoms with Crippen molar-refractivity contribution in [2.75, 3.05) is 18.4 Å². The Labute approximate surface area is 166 Å². The lowest BCUT2D eigenvalue weighted by Gasteiger charge is -2.27. The van der Waals surface area contributed by atoms with Crippen molar-refractivity contribution in [3.63, 3.8) is 0 Å². The number of nitrogens with zero attached hydrogens (tertiary/aromatic N) is 1. The zero-order chi connectivity index (χ0) is 19.3. The van der Waals surface area contributed by atoms with Crippen LogP contribution in [0.4, 0.5) is 5.69 Å². The summed E-state index contributed by atoms with van der Waals surface area (Å²) in [6.07, 6.45) is 3.96. The summed E-state index contributed by atoms with van der Waals surface area (Å²) in [7, 11) is 0. The predicted octanol–water partition coefficient (Wildman–Crippen LogP) is 3.23. The van der Waals surface area contributed by atoms with Crippen LogP contribution in [-0.2, 0) is 17.6 Å². The number of nitrogens with one attached hydrogen (secondary N) is 3. The van der Waals surface area contributed by atoms with Gasteiger partial charge in [-0.05, 0) is 55.4 Å². The Kier molecular flexibility index (Phi) is 5.60. The molecular formula is C23H28N4O. The average molecular weight is 377 g/mol. The van der Waals surface area contributed by atoms with Gasteiger partial charge in [-0.1, -0.05) is 42.5 Å². The van der Waals surface area contributed by atoms with Gasteiger partial charge in [-0.2, -0.15) is 0 Å². The summed E-state index contributed by atoms with van der Waals surface area (Å²) in [5.74, 6) is 0.821. The molecule has 0 bridgehead atoms. The van der Waals surface area contributed by atoms with Gasteiger partial charge in [0.25, 0.3) is 0 Å². The van der Waals surface area contributed by atoms with Crippen molar-refractivity contribution in [3.8, 4) is 0 Å². The third kappa shape index (κ3) is 4.03. The maximum absolute atomic E-state index is 12.3. The molecule has 0 fully saturated rings. The van der Waals surface area contributed by atoms with E-state index < -0.39 is 0 Å². The lowest BCUT2D eigenvalue weighted by Crippen LogP contribution is -2.45. The monoisotopic (exact) mass is 376 g/mol. The van der Waals surface area contributed by atoms with E-state index in [2.05, 4.69) is 47.1 Å². The highest BCUT2D eigenvalue weighted by molar-refractivity contribution is 6.02. The molecule has 146 valence electrons. The van der Waals surface area contributed by atoms with Gasteiger partial charge in [-0.3, -0.25) is 9.79 Å². The molecule has 0 saturated carbocycles. The molecule has 0 aromatic heterocycles. The Bertz CT molecular complexity index is 876. The van der Waals surface area contributed by atoms with Crippen LogP contribution >= 0.6 is 0 Å². The summed E-state index contributed by atoms with van der Waals surface area (Å²) in [6, 6.07) is 17.0. The fourth-order valence-corrected chi connectivity index (χ4v) is 4.20. The van der Waals surface area contributed by atoms with Gasteiger partial charge >= 0.3 is 0 Å². The van der Waals surface area contributed by atoms with E-state index in [1.165, 1.54) is 11.1 Å². The molecule has 0 spiro atoms. The number of anilines is 1. The van der Waals surface area contributed by atoms with Crippen molar-refractivity contribution in [2.24, 2.45) is 4.99 Å². The van der Waals surface area contributed by atoms with Gasteiger partial charge in [0.15, 0.2) is 5.96 Å². The van der Waals surface area contributed by atoms with Gasteiger partial charge < -0.3 is 16.0 Å². The Morgan fingerprint density at radius 1 is 1.14 bits per heavy atom. The van der Waals surface area contributed by atoms with Crippen LogP contribution in [0.15, 0.2) is 53.5 Å². The quantitative estimate of drug-likeness (QED) is 0.554. The van der Waals surface area contributed by atoms with Gasteiger partial charge in [0.05, 0.1) is 5.92 Å². The second-order valence-electron chi connectivity index (χ2n) is 7.53. The molecule has 0 saturated heterocycles. The molecule has 28 heavy (non-hydrogen) atoms. The summed E-state index contributed by atoms with van der Waals surface area (Å²) in [5, 5.41) is 9.91. The van der Waals surface area contributed by atoms with Gasteiger partial charge in [-0.25, -0.2) is 0 Å². The molecule has 1 aliphatic heterocycles. The van der Waals surface area contributed by atoms with Crippen LogP contribution in [0, 0.1) is 0 Å². The fraction of sp³-hybridized carbons (Fsp3) is 0.391. The topological polar surface area (TPSA) is 65.5 Å². The minimum Gasteiger partial charge on any atom is -0.357 e. The number of benzene rings is 2. The zero-order valence-corrected chi connectivity index (χ0v) is 16.4. The SMILES string of the molecule is CCNC(=NCCC1C(=O)Nc2ccccc21)NC1CCc2ccccc2C1. The maximum Gasteiger partial charge on any atom is 0.232 e. The van der Waals surface area contributed by atoms with Crippen molar-refractivity contribution in [2.45, 2.75) is 44.6 Å². The van der Waals surface area contributed by atoms with E-state index in [-0.39, 0.29) is 11.8 Å². The van der Waals surface area contributed by atoms with Crippen LogP contribution in [0.25, 0.3) is 0 Å². The summed E-state index contributed by atoms with van der Waals surface area (Å²) < 4.78 is 0. The van der Waals surface area contributed by atoms with E-state index in [1.807, 2.05) is 24.3 Å². The number of hydrogen-bond acceptors (Lipinski definition) is 2. The van der Waals surface area contributed by atoms with Gasteiger partial charge in [0, 0.05) is 24.8 Å². The number of aryl methyl sites for hydroxylation is 1. The number of amides is 1. The predicted molar refractivity (Wildman–Crippen MR) is 114 cm³/mol. The first kappa shape index (κ1) is 18.5. The second-order valence-corrected chi connectivity index (χ2v) is 7.53. The molecular weight excluding hydrogens is 348 g/mol. The minimum absolute atomic E-state index is 0.0817. The van der Waals surface area contributed by atoms with Crippen LogP contribution in [0.3, 0.4) is 0 Å². The van der Waals surface area contributed by atoms with Crippen molar-refractivity contribution in [1.82, 2.24) is 10.6 Å². The van der Waals surface area contributed by atoms with Crippen LogP contribution in [0.5, 0.6) is 0 Å². The van der Waals surface area contributed by atoms with Crippen LogP contribution < -0.4 is 16.0 Å². The molecule has 2 unspecified atom stereocenters. The van der Waals surface area contributed by atoms with Crippen LogP contribution in [0.2, 0.25) is 0 Å². The van der Waals surface area contributed by atoms with E-state index in [1.54, 1.807) is 0 Å². The Balaban J connectivity index is 1.37. The highest BCUT2D eigenvalue weighted by atomic mass is 16.2.